The first-order valence-electron chi connectivity index (χ1n) is 6.49. The van der Waals surface area contributed by atoms with Crippen molar-refractivity contribution < 1.29 is 9.50 Å². The van der Waals surface area contributed by atoms with Gasteiger partial charge in [-0.25, -0.2) is 14.4 Å². The van der Waals surface area contributed by atoms with E-state index < -0.39 is 6.10 Å². The summed E-state index contributed by atoms with van der Waals surface area (Å²) < 4.78 is 14.8. The van der Waals surface area contributed by atoms with E-state index in [1.54, 1.807) is 35.9 Å². The average Bonchev–Trinajstić information content (AvgIpc) is 3.09. The summed E-state index contributed by atoms with van der Waals surface area (Å²) in [6.45, 7) is 2.51. The molecule has 0 aliphatic rings. The predicted molar refractivity (Wildman–Crippen MR) is 78.6 cm³/mol. The lowest BCUT2D eigenvalue weighted by Gasteiger charge is -2.13. The van der Waals surface area contributed by atoms with Gasteiger partial charge < -0.3 is 9.67 Å². The van der Waals surface area contributed by atoms with Crippen molar-refractivity contribution in [3.63, 3.8) is 0 Å². The Hall–Kier alpha value is -2.05. The summed E-state index contributed by atoms with van der Waals surface area (Å²) in [5, 5.41) is 13.4. The molecule has 0 unspecified atom stereocenters. The van der Waals surface area contributed by atoms with E-state index >= 15 is 0 Å². The lowest BCUT2D eigenvalue weighted by Crippen LogP contribution is -2.10. The second-order valence-electron chi connectivity index (χ2n) is 4.75. The Morgan fingerprint density at radius 1 is 1.33 bits per heavy atom. The van der Waals surface area contributed by atoms with Crippen LogP contribution in [0, 0.1) is 12.7 Å². The van der Waals surface area contributed by atoms with Crippen LogP contribution in [-0.4, -0.2) is 19.6 Å². The number of aliphatic hydroxyl groups excluding tert-OH is 1. The van der Waals surface area contributed by atoms with Crippen LogP contribution in [0.25, 0.3) is 0 Å². The fraction of sp³-hybridized carbons (Fsp3) is 0.200. The van der Waals surface area contributed by atoms with Gasteiger partial charge in [-0.2, -0.15) is 0 Å². The van der Waals surface area contributed by atoms with E-state index in [9.17, 15) is 9.50 Å². The normalized spacial score (nSPS) is 12.5. The topological polar surface area (TPSA) is 50.9 Å². The minimum atomic E-state index is -0.887. The Labute approximate surface area is 125 Å². The van der Waals surface area contributed by atoms with Gasteiger partial charge in [0.25, 0.3) is 0 Å². The lowest BCUT2D eigenvalue weighted by atomic mass is 10.1. The fourth-order valence-electron chi connectivity index (χ4n) is 2.12. The molecule has 108 valence electrons. The molecule has 2 aromatic heterocycles. The Morgan fingerprint density at radius 2 is 2.10 bits per heavy atom. The summed E-state index contributed by atoms with van der Waals surface area (Å²) in [5.41, 5.74) is 1.59. The Kier molecular flexibility index (Phi) is 3.81. The van der Waals surface area contributed by atoms with E-state index in [1.165, 1.54) is 12.1 Å². The molecule has 0 aliphatic heterocycles. The number of aliphatic hydroxyl groups is 1. The zero-order chi connectivity index (χ0) is 14.8. The minimum absolute atomic E-state index is 0.326. The summed E-state index contributed by atoms with van der Waals surface area (Å²) in [5.74, 6) is 0.196. The highest BCUT2D eigenvalue weighted by Crippen LogP contribution is 2.22. The maximum absolute atomic E-state index is 13.0. The molecule has 21 heavy (non-hydrogen) atoms. The van der Waals surface area contributed by atoms with Crippen molar-refractivity contribution in [2.75, 3.05) is 0 Å². The van der Waals surface area contributed by atoms with Crippen molar-refractivity contribution in [1.29, 1.82) is 0 Å². The van der Waals surface area contributed by atoms with E-state index in [0.29, 0.717) is 17.9 Å². The molecule has 0 aliphatic carbocycles. The molecule has 0 saturated carbocycles. The minimum Gasteiger partial charge on any atom is -0.380 e. The van der Waals surface area contributed by atoms with E-state index in [1.807, 2.05) is 16.9 Å². The summed E-state index contributed by atoms with van der Waals surface area (Å²) in [7, 11) is 0. The maximum Gasteiger partial charge on any atom is 0.142 e. The highest BCUT2D eigenvalue weighted by atomic mass is 32.1. The van der Waals surface area contributed by atoms with Crippen molar-refractivity contribution in [1.82, 2.24) is 14.5 Å². The molecule has 0 radical (unpaired) electrons. The number of halogens is 1. The van der Waals surface area contributed by atoms with Crippen LogP contribution < -0.4 is 0 Å². The number of aromatic nitrogens is 3. The second-order valence-corrected chi connectivity index (χ2v) is 5.69. The van der Waals surface area contributed by atoms with E-state index in [2.05, 4.69) is 9.97 Å². The number of hydrogen-bond donors (Lipinski definition) is 1. The number of thiazole rings is 1. The van der Waals surface area contributed by atoms with Gasteiger partial charge in [-0.05, 0) is 24.6 Å². The quantitative estimate of drug-likeness (QED) is 0.806. The Balaban J connectivity index is 1.86. The van der Waals surface area contributed by atoms with Crippen LogP contribution in [0.2, 0.25) is 0 Å². The summed E-state index contributed by atoms with van der Waals surface area (Å²) in [6, 6.07) is 5.78. The van der Waals surface area contributed by atoms with Gasteiger partial charge >= 0.3 is 0 Å². The molecule has 3 aromatic rings. The van der Waals surface area contributed by atoms with Gasteiger partial charge in [0.15, 0.2) is 0 Å². The first kappa shape index (κ1) is 13.9. The third-order valence-corrected chi connectivity index (χ3v) is 4.10. The molecular formula is C15H14FN3OS. The van der Waals surface area contributed by atoms with Gasteiger partial charge in [0.1, 0.15) is 22.8 Å². The van der Waals surface area contributed by atoms with Crippen LogP contribution in [0.15, 0.2) is 42.0 Å². The van der Waals surface area contributed by atoms with Gasteiger partial charge in [0.05, 0.1) is 6.54 Å². The molecular weight excluding hydrogens is 289 g/mol. The molecule has 0 spiro atoms. The van der Waals surface area contributed by atoms with Gasteiger partial charge in [0, 0.05) is 23.5 Å². The number of aryl methyl sites for hydroxylation is 1. The summed E-state index contributed by atoms with van der Waals surface area (Å²) in [4.78, 5) is 8.62. The average molecular weight is 303 g/mol. The molecule has 0 bridgehead atoms. The smallest absolute Gasteiger partial charge is 0.142 e. The standard InChI is InChI=1S/C15H14FN3OS/c1-10-9-21-13(18-10)8-19-7-6-17-15(19)14(20)11-2-4-12(16)5-3-11/h2-7,9,14,20H,8H2,1H3/t14-/m1/s1. The van der Waals surface area contributed by atoms with Gasteiger partial charge in [-0.1, -0.05) is 12.1 Å². The Bertz CT molecular complexity index is 735. The van der Waals surface area contributed by atoms with Crippen molar-refractivity contribution in [3.8, 4) is 0 Å². The van der Waals surface area contributed by atoms with Crippen LogP contribution >= 0.6 is 11.3 Å². The third kappa shape index (κ3) is 3.01. The molecule has 0 fully saturated rings. The van der Waals surface area contributed by atoms with E-state index in [-0.39, 0.29) is 5.82 Å². The summed E-state index contributed by atoms with van der Waals surface area (Å²) in [6.07, 6.45) is 2.56. The van der Waals surface area contributed by atoms with Crippen molar-refractivity contribution >= 4 is 11.3 Å². The molecule has 2 heterocycles. The lowest BCUT2D eigenvalue weighted by molar-refractivity contribution is 0.205. The number of hydrogen-bond acceptors (Lipinski definition) is 4. The maximum atomic E-state index is 13.0. The molecule has 1 atom stereocenters. The number of nitrogens with zero attached hydrogens (tertiary/aromatic N) is 3. The third-order valence-electron chi connectivity index (χ3n) is 3.15. The molecule has 4 nitrogen and oxygen atoms in total. The first-order chi connectivity index (χ1) is 10.1. The van der Waals surface area contributed by atoms with Crippen LogP contribution in [-0.2, 0) is 6.54 Å². The Morgan fingerprint density at radius 3 is 2.76 bits per heavy atom. The van der Waals surface area contributed by atoms with Crippen molar-refractivity contribution in [2.45, 2.75) is 19.6 Å². The predicted octanol–water partition coefficient (Wildman–Crippen LogP) is 2.92. The number of rotatable bonds is 4. The second kappa shape index (κ2) is 5.75. The molecule has 0 saturated heterocycles. The van der Waals surface area contributed by atoms with Crippen molar-refractivity contribution in [3.05, 3.63) is 69.9 Å². The molecule has 1 N–H and O–H groups in total. The molecule has 3 rings (SSSR count). The number of benzene rings is 1. The largest absolute Gasteiger partial charge is 0.380 e. The molecule has 0 amide bonds. The SMILES string of the molecule is Cc1csc(Cn2ccnc2[C@H](O)c2ccc(F)cc2)n1. The highest BCUT2D eigenvalue weighted by Gasteiger charge is 2.17. The van der Waals surface area contributed by atoms with Crippen LogP contribution in [0.3, 0.4) is 0 Å². The van der Waals surface area contributed by atoms with Gasteiger partial charge in [0.2, 0.25) is 0 Å². The molecule has 6 heteroatoms. The summed E-state index contributed by atoms with van der Waals surface area (Å²) >= 11 is 1.58. The van der Waals surface area contributed by atoms with Crippen LogP contribution in [0.1, 0.15) is 28.2 Å². The number of imidazole rings is 1. The van der Waals surface area contributed by atoms with E-state index in [0.717, 1.165) is 10.7 Å². The van der Waals surface area contributed by atoms with Gasteiger partial charge in [-0.15, -0.1) is 11.3 Å². The monoisotopic (exact) mass is 303 g/mol. The van der Waals surface area contributed by atoms with Crippen molar-refractivity contribution in [2.24, 2.45) is 0 Å². The molecule has 1 aromatic carbocycles. The first-order valence-corrected chi connectivity index (χ1v) is 7.37. The zero-order valence-electron chi connectivity index (χ0n) is 11.4. The van der Waals surface area contributed by atoms with Crippen LogP contribution in [0.4, 0.5) is 4.39 Å². The zero-order valence-corrected chi connectivity index (χ0v) is 12.2. The van der Waals surface area contributed by atoms with Gasteiger partial charge in [-0.3, -0.25) is 0 Å². The van der Waals surface area contributed by atoms with E-state index in [4.69, 9.17) is 0 Å². The fourth-order valence-corrected chi connectivity index (χ4v) is 2.89. The van der Waals surface area contributed by atoms with Crippen LogP contribution in [0.5, 0.6) is 0 Å². The highest BCUT2D eigenvalue weighted by molar-refractivity contribution is 7.09.